The van der Waals surface area contributed by atoms with Crippen molar-refractivity contribution >= 4 is 21.5 Å². The molecule has 7 heteroatoms. The molecule has 98 valence electrons. The number of thiazole rings is 1. The summed E-state index contributed by atoms with van der Waals surface area (Å²) in [5.74, 6) is 0. The molecule has 0 aliphatic carbocycles. The zero-order chi connectivity index (χ0) is 13.2. The molecule has 0 radical (unpaired) electrons. The Balaban J connectivity index is 2.94. The van der Waals surface area contributed by atoms with Crippen LogP contribution in [0.5, 0.6) is 0 Å². The summed E-state index contributed by atoms with van der Waals surface area (Å²) in [5.41, 5.74) is 0.965. The van der Waals surface area contributed by atoms with Crippen LogP contribution in [0.3, 0.4) is 0 Å². The second-order valence-electron chi connectivity index (χ2n) is 4.06. The van der Waals surface area contributed by atoms with Crippen molar-refractivity contribution in [3.8, 4) is 0 Å². The van der Waals surface area contributed by atoms with Gasteiger partial charge in [-0.25, -0.2) is 4.98 Å². The van der Waals surface area contributed by atoms with E-state index >= 15 is 0 Å². The molecule has 5 nitrogen and oxygen atoms in total. The van der Waals surface area contributed by atoms with Gasteiger partial charge in [-0.1, -0.05) is 6.92 Å². The van der Waals surface area contributed by atoms with E-state index in [0.29, 0.717) is 6.42 Å². The maximum Gasteiger partial charge on any atom is 0.279 e. The summed E-state index contributed by atoms with van der Waals surface area (Å²) in [5, 5.41) is 0.827. The van der Waals surface area contributed by atoms with Crippen LogP contribution in [0, 0.1) is 13.8 Å². The van der Waals surface area contributed by atoms with E-state index in [1.807, 2.05) is 20.8 Å². The van der Waals surface area contributed by atoms with E-state index < -0.39 is 10.2 Å². The van der Waals surface area contributed by atoms with Crippen LogP contribution in [0.1, 0.15) is 35.0 Å². The highest BCUT2D eigenvalue weighted by atomic mass is 32.2. The molecule has 0 fully saturated rings. The molecule has 0 aliphatic rings. The SMILES string of the molecule is CCC(NS(=O)(=O)N(C)C)c1nc(C)c(C)s1. The first-order valence-electron chi connectivity index (χ1n) is 5.41. The summed E-state index contributed by atoms with van der Waals surface area (Å²) >= 11 is 1.54. The van der Waals surface area contributed by atoms with E-state index in [1.165, 1.54) is 18.4 Å². The van der Waals surface area contributed by atoms with Gasteiger partial charge in [0.1, 0.15) is 5.01 Å². The monoisotopic (exact) mass is 277 g/mol. The summed E-state index contributed by atoms with van der Waals surface area (Å²) < 4.78 is 27.3. The van der Waals surface area contributed by atoms with Crippen LogP contribution >= 0.6 is 11.3 Å². The summed E-state index contributed by atoms with van der Waals surface area (Å²) in [6.07, 6.45) is 0.680. The molecule has 1 N–H and O–H groups in total. The summed E-state index contributed by atoms with van der Waals surface area (Å²) in [6.45, 7) is 5.86. The molecule has 0 amide bonds. The zero-order valence-corrected chi connectivity index (χ0v) is 12.4. The van der Waals surface area contributed by atoms with Crippen LogP contribution < -0.4 is 4.72 Å². The van der Waals surface area contributed by atoms with Crippen molar-refractivity contribution in [1.29, 1.82) is 0 Å². The molecule has 17 heavy (non-hydrogen) atoms. The molecule has 1 aromatic heterocycles. The first-order chi connectivity index (χ1) is 7.77. The Morgan fingerprint density at radius 3 is 2.35 bits per heavy atom. The minimum atomic E-state index is -3.41. The second-order valence-corrected chi connectivity index (χ2v) is 7.21. The Hall–Kier alpha value is -0.500. The third-order valence-electron chi connectivity index (χ3n) is 2.52. The smallest absolute Gasteiger partial charge is 0.245 e. The molecule has 0 bridgehead atoms. The van der Waals surface area contributed by atoms with Crippen molar-refractivity contribution in [3.63, 3.8) is 0 Å². The van der Waals surface area contributed by atoms with Crippen molar-refractivity contribution < 1.29 is 8.42 Å². The summed E-state index contributed by atoms with van der Waals surface area (Å²) in [7, 11) is -0.397. The lowest BCUT2D eigenvalue weighted by atomic mass is 10.2. The standard InChI is InChI=1S/C10H19N3O2S2/c1-6-9(12-17(14,15)13(4)5)10-11-7(2)8(3)16-10/h9,12H,6H2,1-5H3. The minimum absolute atomic E-state index is 0.250. The zero-order valence-electron chi connectivity index (χ0n) is 10.8. The molecule has 0 aromatic carbocycles. The lowest BCUT2D eigenvalue weighted by Gasteiger charge is -2.18. The van der Waals surface area contributed by atoms with Gasteiger partial charge in [0.25, 0.3) is 10.2 Å². The van der Waals surface area contributed by atoms with Gasteiger partial charge in [-0.15, -0.1) is 11.3 Å². The Kier molecular flexibility index (Phi) is 4.65. The van der Waals surface area contributed by atoms with Crippen LogP contribution in [0.25, 0.3) is 0 Å². The summed E-state index contributed by atoms with van der Waals surface area (Å²) in [4.78, 5) is 5.53. The van der Waals surface area contributed by atoms with Gasteiger partial charge < -0.3 is 0 Å². The van der Waals surface area contributed by atoms with Crippen LogP contribution in [0.4, 0.5) is 0 Å². The van der Waals surface area contributed by atoms with E-state index in [0.717, 1.165) is 15.6 Å². The highest BCUT2D eigenvalue weighted by Crippen LogP contribution is 2.25. The quantitative estimate of drug-likeness (QED) is 0.889. The van der Waals surface area contributed by atoms with Crippen LogP contribution in [-0.2, 0) is 10.2 Å². The average Bonchev–Trinajstić information content (AvgIpc) is 2.55. The first kappa shape index (κ1) is 14.6. The fourth-order valence-corrected chi connectivity index (χ4v) is 3.22. The second kappa shape index (κ2) is 5.43. The number of aromatic nitrogens is 1. The number of hydrogen-bond donors (Lipinski definition) is 1. The van der Waals surface area contributed by atoms with E-state index in [1.54, 1.807) is 11.3 Å². The largest absolute Gasteiger partial charge is 0.279 e. The fraction of sp³-hybridized carbons (Fsp3) is 0.700. The third-order valence-corrected chi connectivity index (χ3v) is 5.25. The molecular formula is C10H19N3O2S2. The van der Waals surface area contributed by atoms with Gasteiger partial charge in [-0.3, -0.25) is 0 Å². The van der Waals surface area contributed by atoms with Gasteiger partial charge >= 0.3 is 0 Å². The van der Waals surface area contributed by atoms with Gasteiger partial charge in [0.05, 0.1) is 11.7 Å². The summed E-state index contributed by atoms with van der Waals surface area (Å²) in [6, 6.07) is -0.250. The van der Waals surface area contributed by atoms with Crippen LogP contribution in [0.2, 0.25) is 0 Å². The van der Waals surface area contributed by atoms with Gasteiger partial charge in [0, 0.05) is 19.0 Å². The first-order valence-corrected chi connectivity index (χ1v) is 7.67. The number of nitrogens with one attached hydrogen (secondary N) is 1. The topological polar surface area (TPSA) is 62.3 Å². The predicted molar refractivity (Wildman–Crippen MR) is 70.4 cm³/mol. The highest BCUT2D eigenvalue weighted by molar-refractivity contribution is 7.87. The maximum atomic E-state index is 11.8. The van der Waals surface area contributed by atoms with E-state index in [-0.39, 0.29) is 6.04 Å². The van der Waals surface area contributed by atoms with Gasteiger partial charge in [0.2, 0.25) is 0 Å². The number of nitrogens with zero attached hydrogens (tertiary/aromatic N) is 2. The lowest BCUT2D eigenvalue weighted by molar-refractivity contribution is 0.484. The fourth-order valence-electron chi connectivity index (χ4n) is 1.24. The molecular weight excluding hydrogens is 258 g/mol. The maximum absolute atomic E-state index is 11.8. The highest BCUT2D eigenvalue weighted by Gasteiger charge is 2.22. The third kappa shape index (κ3) is 3.48. The van der Waals surface area contributed by atoms with Gasteiger partial charge in [0.15, 0.2) is 0 Å². The molecule has 0 saturated heterocycles. The van der Waals surface area contributed by atoms with Gasteiger partial charge in [-0.05, 0) is 20.3 Å². The number of aryl methyl sites for hydroxylation is 2. The van der Waals surface area contributed by atoms with Crippen molar-refractivity contribution in [1.82, 2.24) is 14.0 Å². The van der Waals surface area contributed by atoms with Gasteiger partial charge in [-0.2, -0.15) is 17.4 Å². The molecule has 1 unspecified atom stereocenters. The number of hydrogen-bond acceptors (Lipinski definition) is 4. The Morgan fingerprint density at radius 2 is 2.00 bits per heavy atom. The van der Waals surface area contributed by atoms with Crippen LogP contribution in [-0.4, -0.2) is 31.8 Å². The molecule has 0 saturated carbocycles. The van der Waals surface area contributed by atoms with E-state index in [9.17, 15) is 8.42 Å². The lowest BCUT2D eigenvalue weighted by Crippen LogP contribution is -2.37. The molecule has 1 atom stereocenters. The molecule has 0 aliphatic heterocycles. The molecule has 1 heterocycles. The van der Waals surface area contributed by atoms with Crippen molar-refractivity contribution in [2.24, 2.45) is 0 Å². The Bertz CT molecular complexity index is 460. The Morgan fingerprint density at radius 1 is 1.41 bits per heavy atom. The minimum Gasteiger partial charge on any atom is -0.245 e. The molecule has 1 rings (SSSR count). The van der Waals surface area contributed by atoms with E-state index in [4.69, 9.17) is 0 Å². The Labute approximate surface area is 107 Å². The van der Waals surface area contributed by atoms with Crippen molar-refractivity contribution in [2.45, 2.75) is 33.2 Å². The molecule has 1 aromatic rings. The van der Waals surface area contributed by atoms with Crippen molar-refractivity contribution in [2.75, 3.05) is 14.1 Å². The van der Waals surface area contributed by atoms with E-state index in [2.05, 4.69) is 9.71 Å². The van der Waals surface area contributed by atoms with Crippen LogP contribution in [0.15, 0.2) is 0 Å². The normalized spacial score (nSPS) is 14.2. The molecule has 0 spiro atoms. The van der Waals surface area contributed by atoms with Crippen molar-refractivity contribution in [3.05, 3.63) is 15.6 Å². The average molecular weight is 277 g/mol. The predicted octanol–water partition coefficient (Wildman–Crippen LogP) is 1.61. The number of rotatable bonds is 5.